The van der Waals surface area contributed by atoms with Crippen LogP contribution in [0.4, 0.5) is 45.9 Å². The van der Waals surface area contributed by atoms with E-state index < -0.39 is 11.4 Å². The summed E-state index contributed by atoms with van der Waals surface area (Å²) in [4.78, 5) is 14.5. The first-order valence-corrected chi connectivity index (χ1v) is 22.3. The number of methoxy groups -OCH3 is 1. The van der Waals surface area contributed by atoms with E-state index in [-0.39, 0.29) is 12.1 Å². The van der Waals surface area contributed by atoms with Gasteiger partial charge in [-0.1, -0.05) is 12.1 Å². The van der Waals surface area contributed by atoms with Crippen molar-refractivity contribution in [2.45, 2.75) is 57.9 Å². The van der Waals surface area contributed by atoms with E-state index >= 15 is 0 Å². The Kier molecular flexibility index (Phi) is 10.7. The summed E-state index contributed by atoms with van der Waals surface area (Å²) in [6, 6.07) is 14.6. The molecule has 0 radical (unpaired) electrons. The number of nitrogen functional groups attached to an aromatic ring is 1. The molecule has 15 nitrogen and oxygen atoms in total. The largest absolute Gasteiger partial charge is 0.593 e. The number of aromatic nitrogens is 6. The van der Waals surface area contributed by atoms with E-state index in [0.717, 1.165) is 88.6 Å². The molecule has 0 amide bonds. The Bertz CT molecular complexity index is 2590. The summed E-state index contributed by atoms with van der Waals surface area (Å²) in [7, 11) is 5.65. The standard InChI is InChI=1S/C43H49BrN12O3S/c1-24(2)55-13-10-35-30(21-48-53(35)4)28-17-34(50-43-46-22-31(44)42(51-43)49-33-9-7-8-26-23-60(57)52-41(26)33)40(19-37(28)55)59-15-12-25(3)56-14-11-36-29(20-47-54(36)5)27-16-32(45)39(58-6)18-38(27)56/h7-9,16-22,24-25,52H,10-15,23,45H2,1-6H3,(H2,46,49,50,51). The van der Waals surface area contributed by atoms with E-state index in [1.54, 1.807) is 13.3 Å². The molecule has 2 unspecified atom stereocenters. The quantitative estimate of drug-likeness (QED) is 0.0738. The number of rotatable bonds is 11. The van der Waals surface area contributed by atoms with Crippen LogP contribution in [-0.2, 0) is 44.1 Å². The Balaban J connectivity index is 1.04. The first-order valence-electron chi connectivity index (χ1n) is 20.1. The second kappa shape index (κ2) is 16.1. The summed E-state index contributed by atoms with van der Waals surface area (Å²) in [6.45, 7) is 8.78. The summed E-state index contributed by atoms with van der Waals surface area (Å²) in [5, 5.41) is 16.2. The molecule has 0 aliphatic carbocycles. The molecular weight excluding hydrogens is 845 g/mol. The molecule has 0 saturated heterocycles. The van der Waals surface area contributed by atoms with Gasteiger partial charge in [-0.25, -0.2) is 9.71 Å². The number of nitrogens with two attached hydrogens (primary N) is 1. The van der Waals surface area contributed by atoms with Gasteiger partial charge < -0.3 is 40.2 Å². The fourth-order valence-electron chi connectivity index (χ4n) is 8.61. The van der Waals surface area contributed by atoms with Crippen LogP contribution in [0.2, 0.25) is 0 Å². The topological polar surface area (TPSA) is 172 Å². The van der Waals surface area contributed by atoms with Gasteiger partial charge in [0, 0.05) is 127 Å². The Morgan fingerprint density at radius 3 is 2.28 bits per heavy atom. The molecule has 0 fully saturated rings. The molecule has 0 spiro atoms. The third-order valence-corrected chi connectivity index (χ3v) is 13.4. The lowest BCUT2D eigenvalue weighted by Gasteiger charge is -2.32. The molecule has 5 N–H and O–H groups in total. The minimum absolute atomic E-state index is 0.108. The van der Waals surface area contributed by atoms with E-state index in [0.29, 0.717) is 45.8 Å². The van der Waals surface area contributed by atoms with Gasteiger partial charge in [0.15, 0.2) is 5.75 Å². The highest BCUT2D eigenvalue weighted by Crippen LogP contribution is 2.46. The number of benzene rings is 3. The Morgan fingerprint density at radius 1 is 0.883 bits per heavy atom. The minimum Gasteiger partial charge on any atom is -0.593 e. The predicted molar refractivity (Wildman–Crippen MR) is 243 cm³/mol. The van der Waals surface area contributed by atoms with Crippen molar-refractivity contribution in [2.24, 2.45) is 14.1 Å². The van der Waals surface area contributed by atoms with Crippen molar-refractivity contribution in [2.75, 3.05) is 57.7 Å². The Morgan fingerprint density at radius 2 is 1.57 bits per heavy atom. The highest BCUT2D eigenvalue weighted by molar-refractivity contribution is 9.10. The van der Waals surface area contributed by atoms with Gasteiger partial charge in [-0.2, -0.15) is 15.2 Å². The maximum atomic E-state index is 12.3. The zero-order valence-corrected chi connectivity index (χ0v) is 36.9. The fourth-order valence-corrected chi connectivity index (χ4v) is 9.96. The number of aryl methyl sites for hydroxylation is 2. The predicted octanol–water partition coefficient (Wildman–Crippen LogP) is 7.70. The smallest absolute Gasteiger partial charge is 0.229 e. The first-order chi connectivity index (χ1) is 29.0. The summed E-state index contributed by atoms with van der Waals surface area (Å²) >= 11 is 2.48. The zero-order valence-electron chi connectivity index (χ0n) is 34.5. The van der Waals surface area contributed by atoms with Gasteiger partial charge in [0.25, 0.3) is 0 Å². The number of fused-ring (bicyclic) bond motifs is 7. The van der Waals surface area contributed by atoms with Crippen LogP contribution in [0.3, 0.4) is 0 Å². The number of nitrogens with zero attached hydrogens (tertiary/aromatic N) is 8. The number of nitrogens with one attached hydrogen (secondary N) is 3. The van der Waals surface area contributed by atoms with Gasteiger partial charge in [0.1, 0.15) is 23.0 Å². The summed E-state index contributed by atoms with van der Waals surface area (Å²) in [6.07, 6.45) is 8.04. The van der Waals surface area contributed by atoms with Crippen LogP contribution < -0.4 is 40.4 Å². The minimum atomic E-state index is -1.16. The lowest BCUT2D eigenvalue weighted by atomic mass is 10.0. The van der Waals surface area contributed by atoms with E-state index in [1.807, 2.05) is 60.1 Å². The van der Waals surface area contributed by atoms with Crippen LogP contribution in [-0.4, -0.2) is 73.0 Å². The molecule has 6 aromatic rings. The average molecular weight is 894 g/mol. The van der Waals surface area contributed by atoms with Crippen molar-refractivity contribution in [3.63, 3.8) is 0 Å². The monoisotopic (exact) mass is 892 g/mol. The number of anilines is 8. The lowest BCUT2D eigenvalue weighted by Crippen LogP contribution is -2.36. The van der Waals surface area contributed by atoms with E-state index in [1.165, 1.54) is 11.4 Å². The maximum Gasteiger partial charge on any atom is 0.229 e. The molecule has 9 rings (SSSR count). The van der Waals surface area contributed by atoms with Crippen molar-refractivity contribution >= 4 is 73.2 Å². The average Bonchev–Trinajstić information content (AvgIpc) is 3.85. The molecule has 3 aliphatic heterocycles. The third kappa shape index (κ3) is 7.32. The van der Waals surface area contributed by atoms with Crippen molar-refractivity contribution in [3.05, 3.63) is 82.5 Å². The van der Waals surface area contributed by atoms with Gasteiger partial charge in [-0.05, 0) is 54.9 Å². The molecule has 6 heterocycles. The molecule has 60 heavy (non-hydrogen) atoms. The number of halogens is 1. The van der Waals surface area contributed by atoms with E-state index in [2.05, 4.69) is 95.2 Å². The summed E-state index contributed by atoms with van der Waals surface area (Å²) in [5.74, 6) is 2.73. The van der Waals surface area contributed by atoms with Gasteiger partial charge in [-0.3, -0.25) is 9.36 Å². The maximum absolute atomic E-state index is 12.3. The van der Waals surface area contributed by atoms with Gasteiger partial charge in [-0.15, -0.1) is 0 Å². The normalized spacial score (nSPS) is 15.8. The first kappa shape index (κ1) is 39.8. The fraction of sp³-hybridized carbons (Fsp3) is 0.349. The number of hydrogen-bond acceptors (Lipinski definition) is 13. The molecule has 3 aromatic heterocycles. The Labute approximate surface area is 361 Å². The Hall–Kier alpha value is -5.65. The van der Waals surface area contributed by atoms with Crippen LogP contribution in [0.1, 0.15) is 44.1 Å². The van der Waals surface area contributed by atoms with E-state index in [9.17, 15) is 4.55 Å². The van der Waals surface area contributed by atoms with Crippen LogP contribution in [0.25, 0.3) is 22.3 Å². The molecule has 3 aromatic carbocycles. The van der Waals surface area contributed by atoms with E-state index in [4.69, 9.17) is 20.2 Å². The molecule has 3 aliphatic rings. The number of para-hydroxylation sites is 1. The highest BCUT2D eigenvalue weighted by atomic mass is 79.9. The number of hydrogen-bond donors (Lipinski definition) is 4. The van der Waals surface area contributed by atoms with Crippen LogP contribution >= 0.6 is 15.9 Å². The van der Waals surface area contributed by atoms with Crippen molar-refractivity contribution < 1.29 is 14.0 Å². The zero-order chi connectivity index (χ0) is 41.8. The van der Waals surface area contributed by atoms with Gasteiger partial charge in [0.05, 0.1) is 59.0 Å². The molecular formula is C43H49BrN12O3S. The van der Waals surface area contributed by atoms with Gasteiger partial charge >= 0.3 is 0 Å². The van der Waals surface area contributed by atoms with Crippen molar-refractivity contribution in [3.8, 4) is 33.8 Å². The summed E-state index contributed by atoms with van der Waals surface area (Å²) < 4.78 is 32.6. The van der Waals surface area contributed by atoms with Crippen molar-refractivity contribution in [1.29, 1.82) is 0 Å². The summed E-state index contributed by atoms with van der Waals surface area (Å²) in [5.41, 5.74) is 19.2. The highest BCUT2D eigenvalue weighted by Gasteiger charge is 2.30. The molecule has 0 bridgehead atoms. The van der Waals surface area contributed by atoms with Crippen LogP contribution in [0.15, 0.2) is 65.5 Å². The molecule has 17 heteroatoms. The third-order valence-electron chi connectivity index (χ3n) is 11.8. The number of ether oxygens (including phenoxy) is 2. The molecule has 312 valence electrons. The second-order valence-corrected chi connectivity index (χ2v) is 17.8. The molecule has 0 saturated carbocycles. The lowest BCUT2D eigenvalue weighted by molar-refractivity contribution is 0.299. The van der Waals surface area contributed by atoms with Crippen molar-refractivity contribution in [1.82, 2.24) is 29.5 Å². The second-order valence-electron chi connectivity index (χ2n) is 15.8. The SMILES string of the molecule is COc1cc2c(cc1N)-c1cnn(C)c1CCN2C(C)CCOc1cc2c(cc1Nc1ncc(Br)c(Nc3cccc4c3N[S+]([O-])C4)n1)-c1cnn(C)c1CCN2C(C)C. The van der Waals surface area contributed by atoms with Crippen LogP contribution in [0, 0.1) is 0 Å². The van der Waals surface area contributed by atoms with Gasteiger partial charge in [0.2, 0.25) is 5.95 Å². The molecule has 2 atom stereocenters. The van der Waals surface area contributed by atoms with Crippen LogP contribution in [0.5, 0.6) is 11.5 Å².